The maximum absolute atomic E-state index is 13.4. The van der Waals surface area contributed by atoms with Crippen LogP contribution in [0.1, 0.15) is 25.8 Å². The fraction of sp³-hybridized carbons (Fsp3) is 0.391. The van der Waals surface area contributed by atoms with Crippen molar-refractivity contribution in [1.29, 1.82) is 0 Å². The zero-order valence-corrected chi connectivity index (χ0v) is 21.3. The number of halogens is 2. The van der Waals surface area contributed by atoms with E-state index in [0.717, 1.165) is 22.5 Å². The third-order valence-corrected chi connectivity index (χ3v) is 6.74. The molecule has 2 amide bonds. The SMILES string of the molecule is CCCNC(=O)[C@H](C)N(CCc1ccccc1)C(=O)CN(c1cc(Cl)ccc1Cl)S(C)(=O)=O. The van der Waals surface area contributed by atoms with E-state index in [1.165, 1.54) is 23.1 Å². The van der Waals surface area contributed by atoms with Gasteiger partial charge in [-0.2, -0.15) is 0 Å². The maximum atomic E-state index is 13.4. The number of anilines is 1. The molecule has 180 valence electrons. The highest BCUT2D eigenvalue weighted by Crippen LogP contribution is 2.30. The van der Waals surface area contributed by atoms with Crippen molar-refractivity contribution in [3.05, 3.63) is 64.1 Å². The van der Waals surface area contributed by atoms with Crippen molar-refractivity contribution in [2.24, 2.45) is 0 Å². The summed E-state index contributed by atoms with van der Waals surface area (Å²) >= 11 is 12.3. The highest BCUT2D eigenvalue weighted by atomic mass is 35.5. The molecule has 0 unspecified atom stereocenters. The number of carbonyl (C=O) groups is 2. The molecule has 0 radical (unpaired) electrons. The fourth-order valence-electron chi connectivity index (χ4n) is 3.24. The zero-order chi connectivity index (χ0) is 24.6. The number of hydrogen-bond acceptors (Lipinski definition) is 4. The number of benzene rings is 2. The second-order valence-electron chi connectivity index (χ2n) is 7.66. The fourth-order valence-corrected chi connectivity index (χ4v) is 4.53. The van der Waals surface area contributed by atoms with E-state index >= 15 is 0 Å². The Hall–Kier alpha value is -2.29. The van der Waals surface area contributed by atoms with Crippen LogP contribution < -0.4 is 9.62 Å². The van der Waals surface area contributed by atoms with Gasteiger partial charge in [0.05, 0.1) is 17.0 Å². The number of hydrogen-bond donors (Lipinski definition) is 1. The van der Waals surface area contributed by atoms with Gasteiger partial charge in [0.1, 0.15) is 12.6 Å². The van der Waals surface area contributed by atoms with E-state index < -0.39 is 28.5 Å². The van der Waals surface area contributed by atoms with E-state index in [-0.39, 0.29) is 28.2 Å². The minimum absolute atomic E-state index is 0.103. The first-order valence-electron chi connectivity index (χ1n) is 10.6. The Kier molecular flexibility index (Phi) is 10.0. The number of carbonyl (C=O) groups excluding carboxylic acids is 2. The lowest BCUT2D eigenvalue weighted by atomic mass is 10.1. The van der Waals surface area contributed by atoms with Crippen LogP contribution in [0.4, 0.5) is 5.69 Å². The summed E-state index contributed by atoms with van der Waals surface area (Å²) in [6.45, 7) is 3.77. The quantitative estimate of drug-likeness (QED) is 0.495. The van der Waals surface area contributed by atoms with Crippen molar-refractivity contribution in [3.63, 3.8) is 0 Å². The maximum Gasteiger partial charge on any atom is 0.244 e. The van der Waals surface area contributed by atoms with Crippen LogP contribution in [0.5, 0.6) is 0 Å². The van der Waals surface area contributed by atoms with Gasteiger partial charge in [0.2, 0.25) is 21.8 Å². The normalized spacial score (nSPS) is 12.2. The first-order valence-corrected chi connectivity index (χ1v) is 13.2. The van der Waals surface area contributed by atoms with Gasteiger partial charge >= 0.3 is 0 Å². The molecule has 7 nitrogen and oxygen atoms in total. The Bertz CT molecular complexity index is 1060. The third kappa shape index (κ3) is 7.91. The van der Waals surface area contributed by atoms with E-state index in [9.17, 15) is 18.0 Å². The van der Waals surface area contributed by atoms with Gasteiger partial charge in [0.25, 0.3) is 0 Å². The topological polar surface area (TPSA) is 86.8 Å². The molecule has 0 aliphatic carbocycles. The summed E-state index contributed by atoms with van der Waals surface area (Å²) in [6.07, 6.45) is 2.25. The predicted molar refractivity (Wildman–Crippen MR) is 133 cm³/mol. The van der Waals surface area contributed by atoms with E-state index in [2.05, 4.69) is 5.32 Å². The van der Waals surface area contributed by atoms with Crippen molar-refractivity contribution < 1.29 is 18.0 Å². The summed E-state index contributed by atoms with van der Waals surface area (Å²) in [5.41, 5.74) is 1.10. The Morgan fingerprint density at radius 1 is 1.09 bits per heavy atom. The number of rotatable bonds is 11. The first kappa shape index (κ1) is 27.0. The largest absolute Gasteiger partial charge is 0.354 e. The number of nitrogens with zero attached hydrogens (tertiary/aromatic N) is 2. The molecule has 2 rings (SSSR count). The second-order valence-corrected chi connectivity index (χ2v) is 10.4. The summed E-state index contributed by atoms with van der Waals surface area (Å²) in [6, 6.07) is 13.1. The first-order chi connectivity index (χ1) is 15.5. The van der Waals surface area contributed by atoms with Gasteiger partial charge in [-0.3, -0.25) is 13.9 Å². The molecule has 0 aliphatic heterocycles. The van der Waals surface area contributed by atoms with Crippen LogP contribution in [0, 0.1) is 0 Å². The minimum atomic E-state index is -3.87. The second kappa shape index (κ2) is 12.3. The van der Waals surface area contributed by atoms with Crippen molar-refractivity contribution in [2.75, 3.05) is 30.2 Å². The zero-order valence-electron chi connectivity index (χ0n) is 18.9. The number of nitrogens with one attached hydrogen (secondary N) is 1. The summed E-state index contributed by atoms with van der Waals surface area (Å²) in [4.78, 5) is 27.4. The molecule has 1 atom stereocenters. The van der Waals surface area contributed by atoms with Crippen LogP contribution in [0.25, 0.3) is 0 Å². The Labute approximate surface area is 205 Å². The highest BCUT2D eigenvalue weighted by Gasteiger charge is 2.30. The number of amides is 2. The van der Waals surface area contributed by atoms with Crippen molar-refractivity contribution >= 4 is 50.7 Å². The Balaban J connectivity index is 2.33. The lowest BCUT2D eigenvalue weighted by Crippen LogP contribution is -2.52. The monoisotopic (exact) mass is 513 g/mol. The molecule has 10 heteroatoms. The molecule has 33 heavy (non-hydrogen) atoms. The van der Waals surface area contributed by atoms with Crippen LogP contribution in [-0.4, -0.2) is 57.1 Å². The van der Waals surface area contributed by atoms with E-state index in [0.29, 0.717) is 13.0 Å². The molecule has 2 aromatic carbocycles. The molecule has 0 heterocycles. The molecule has 0 aromatic heterocycles. The summed E-state index contributed by atoms with van der Waals surface area (Å²) in [7, 11) is -3.87. The Morgan fingerprint density at radius 2 is 1.76 bits per heavy atom. The predicted octanol–water partition coefficient (Wildman–Crippen LogP) is 3.75. The van der Waals surface area contributed by atoms with E-state index in [4.69, 9.17) is 23.2 Å². The molecular formula is C23H29Cl2N3O4S. The van der Waals surface area contributed by atoms with Gasteiger partial charge in [0, 0.05) is 18.1 Å². The van der Waals surface area contributed by atoms with Gasteiger partial charge in [-0.05, 0) is 43.5 Å². The van der Waals surface area contributed by atoms with Gasteiger partial charge in [-0.15, -0.1) is 0 Å². The van der Waals surface area contributed by atoms with Crippen LogP contribution in [0.2, 0.25) is 10.0 Å². The molecule has 0 aliphatic rings. The molecule has 2 aromatic rings. The van der Waals surface area contributed by atoms with Gasteiger partial charge < -0.3 is 10.2 Å². The third-order valence-electron chi connectivity index (χ3n) is 5.06. The van der Waals surface area contributed by atoms with Gasteiger partial charge in [-0.25, -0.2) is 8.42 Å². The van der Waals surface area contributed by atoms with Crippen LogP contribution in [-0.2, 0) is 26.0 Å². The average Bonchev–Trinajstić information content (AvgIpc) is 2.77. The summed E-state index contributed by atoms with van der Waals surface area (Å²) < 4.78 is 26.0. The molecular weight excluding hydrogens is 485 g/mol. The lowest BCUT2D eigenvalue weighted by molar-refractivity contribution is -0.138. The molecule has 0 saturated heterocycles. The van der Waals surface area contributed by atoms with Crippen LogP contribution in [0.15, 0.2) is 48.5 Å². The van der Waals surface area contributed by atoms with Crippen LogP contribution in [0.3, 0.4) is 0 Å². The highest BCUT2D eigenvalue weighted by molar-refractivity contribution is 7.92. The van der Waals surface area contributed by atoms with E-state index in [1.807, 2.05) is 37.3 Å². The number of sulfonamides is 1. The molecule has 0 spiro atoms. The Morgan fingerprint density at radius 3 is 2.36 bits per heavy atom. The van der Waals surface area contributed by atoms with Crippen molar-refractivity contribution in [1.82, 2.24) is 10.2 Å². The standard InChI is InChI=1S/C23H29Cl2N3O4S/c1-4-13-26-23(30)17(2)27(14-12-18-8-6-5-7-9-18)22(29)16-28(33(3,31)32)21-15-19(24)10-11-20(21)25/h5-11,15,17H,4,12-14,16H2,1-3H3,(H,26,30)/t17-/m0/s1. The molecule has 0 bridgehead atoms. The summed E-state index contributed by atoms with van der Waals surface area (Å²) in [5, 5.41) is 3.22. The molecule has 0 fully saturated rings. The average molecular weight is 514 g/mol. The van der Waals surface area contributed by atoms with Gasteiger partial charge in [0.15, 0.2) is 0 Å². The molecule has 0 saturated carbocycles. The van der Waals surface area contributed by atoms with Crippen molar-refractivity contribution in [2.45, 2.75) is 32.7 Å². The molecule has 1 N–H and O–H groups in total. The van der Waals surface area contributed by atoms with Crippen molar-refractivity contribution in [3.8, 4) is 0 Å². The lowest BCUT2D eigenvalue weighted by Gasteiger charge is -2.31. The van der Waals surface area contributed by atoms with Crippen LogP contribution >= 0.6 is 23.2 Å². The van der Waals surface area contributed by atoms with Gasteiger partial charge in [-0.1, -0.05) is 60.5 Å². The van der Waals surface area contributed by atoms with E-state index in [1.54, 1.807) is 6.92 Å². The smallest absolute Gasteiger partial charge is 0.244 e. The minimum Gasteiger partial charge on any atom is -0.354 e. The summed E-state index contributed by atoms with van der Waals surface area (Å²) in [5.74, 6) is -0.823.